The highest BCUT2D eigenvalue weighted by atomic mass is 16.2. The number of fused-ring (bicyclic) bond motifs is 1. The summed E-state index contributed by atoms with van der Waals surface area (Å²) in [5.41, 5.74) is 0.704. The van der Waals surface area contributed by atoms with E-state index in [1.165, 1.54) is 32.1 Å². The summed E-state index contributed by atoms with van der Waals surface area (Å²) < 4.78 is 0. The third-order valence-corrected chi connectivity index (χ3v) is 5.12. The molecule has 1 aromatic carbocycles. The van der Waals surface area contributed by atoms with E-state index in [4.69, 9.17) is 0 Å². The molecule has 0 saturated heterocycles. The van der Waals surface area contributed by atoms with Crippen LogP contribution in [-0.2, 0) is 4.79 Å². The fourth-order valence-electron chi connectivity index (χ4n) is 3.84. The summed E-state index contributed by atoms with van der Waals surface area (Å²) >= 11 is 0. The van der Waals surface area contributed by atoms with E-state index in [2.05, 4.69) is 0 Å². The Morgan fingerprint density at radius 3 is 2.23 bits per heavy atom. The molecule has 3 nitrogen and oxygen atoms in total. The minimum absolute atomic E-state index is 0.163. The van der Waals surface area contributed by atoms with Crippen molar-refractivity contribution in [1.82, 2.24) is 0 Å². The molecule has 0 spiro atoms. The Kier molecular flexibility index (Phi) is 4.51. The van der Waals surface area contributed by atoms with Gasteiger partial charge in [0.05, 0.1) is 5.92 Å². The molecule has 0 aromatic heterocycles. The van der Waals surface area contributed by atoms with Gasteiger partial charge in [-0.2, -0.15) is 0 Å². The van der Waals surface area contributed by atoms with Crippen LogP contribution in [0.2, 0.25) is 0 Å². The smallest absolute Gasteiger partial charge is 0.230 e. The zero-order valence-electron chi connectivity index (χ0n) is 12.8. The maximum atomic E-state index is 12.5. The zero-order chi connectivity index (χ0) is 15.5. The van der Waals surface area contributed by atoms with Gasteiger partial charge in [0.2, 0.25) is 11.6 Å². The van der Waals surface area contributed by atoms with Gasteiger partial charge < -0.3 is 0 Å². The summed E-state index contributed by atoms with van der Waals surface area (Å²) in [6.07, 6.45) is 8.95. The van der Waals surface area contributed by atoms with Gasteiger partial charge in [0.1, 0.15) is 0 Å². The number of hydrogen-bond acceptors (Lipinski definition) is 3. The highest BCUT2D eigenvalue weighted by Gasteiger charge is 2.39. The number of Topliss-reactive ketones (excluding diaryl/α,β-unsaturated/α-hetero) is 3. The Bertz CT molecular complexity index is 596. The SMILES string of the molecule is O=C1C(=O)C(CCCC2CCCCC2)C(=O)c2ccccc21. The van der Waals surface area contributed by atoms with E-state index in [-0.39, 0.29) is 11.3 Å². The molecular formula is C19H22O3. The average Bonchev–Trinajstić information content (AvgIpc) is 2.57. The van der Waals surface area contributed by atoms with Crippen molar-refractivity contribution < 1.29 is 14.4 Å². The van der Waals surface area contributed by atoms with Crippen molar-refractivity contribution in [2.45, 2.75) is 51.4 Å². The van der Waals surface area contributed by atoms with Crippen LogP contribution in [0.3, 0.4) is 0 Å². The van der Waals surface area contributed by atoms with Gasteiger partial charge in [0.15, 0.2) is 5.78 Å². The maximum absolute atomic E-state index is 12.5. The average molecular weight is 298 g/mol. The lowest BCUT2D eigenvalue weighted by Crippen LogP contribution is -2.36. The maximum Gasteiger partial charge on any atom is 0.230 e. The van der Waals surface area contributed by atoms with Gasteiger partial charge >= 0.3 is 0 Å². The highest BCUT2D eigenvalue weighted by molar-refractivity contribution is 6.51. The largest absolute Gasteiger partial charge is 0.293 e. The number of ketones is 3. The Balaban J connectivity index is 1.65. The third kappa shape index (κ3) is 2.90. The summed E-state index contributed by atoms with van der Waals surface area (Å²) in [6.45, 7) is 0. The molecule has 0 radical (unpaired) electrons. The van der Waals surface area contributed by atoms with E-state index in [9.17, 15) is 14.4 Å². The minimum atomic E-state index is -0.744. The van der Waals surface area contributed by atoms with Crippen molar-refractivity contribution in [1.29, 1.82) is 0 Å². The first-order chi connectivity index (χ1) is 10.7. The monoisotopic (exact) mass is 298 g/mol. The molecule has 2 aliphatic carbocycles. The van der Waals surface area contributed by atoms with E-state index in [0.717, 1.165) is 18.8 Å². The lowest BCUT2D eigenvalue weighted by Gasteiger charge is -2.24. The molecule has 1 atom stereocenters. The van der Waals surface area contributed by atoms with E-state index in [1.54, 1.807) is 24.3 Å². The van der Waals surface area contributed by atoms with E-state index in [1.807, 2.05) is 0 Å². The lowest BCUT2D eigenvalue weighted by atomic mass is 9.77. The van der Waals surface area contributed by atoms with Crippen LogP contribution in [0, 0.1) is 11.8 Å². The van der Waals surface area contributed by atoms with Gasteiger partial charge in [-0.1, -0.05) is 69.2 Å². The minimum Gasteiger partial charge on any atom is -0.293 e. The van der Waals surface area contributed by atoms with E-state index in [0.29, 0.717) is 12.0 Å². The molecule has 1 fully saturated rings. The van der Waals surface area contributed by atoms with Crippen LogP contribution in [0.1, 0.15) is 72.1 Å². The summed E-state index contributed by atoms with van der Waals surface area (Å²) in [5.74, 6) is -1.16. The van der Waals surface area contributed by atoms with Crippen LogP contribution in [0.5, 0.6) is 0 Å². The fraction of sp³-hybridized carbons (Fsp3) is 0.526. The number of carbonyl (C=O) groups excluding carboxylic acids is 3. The lowest BCUT2D eigenvalue weighted by molar-refractivity contribution is -0.117. The number of benzene rings is 1. The number of hydrogen-bond donors (Lipinski definition) is 0. The molecule has 1 saturated carbocycles. The highest BCUT2D eigenvalue weighted by Crippen LogP contribution is 2.31. The molecule has 0 N–H and O–H groups in total. The van der Waals surface area contributed by atoms with Crippen molar-refractivity contribution in [3.8, 4) is 0 Å². The Hall–Kier alpha value is -1.77. The molecular weight excluding hydrogens is 276 g/mol. The van der Waals surface area contributed by atoms with Crippen molar-refractivity contribution in [2.75, 3.05) is 0 Å². The van der Waals surface area contributed by atoms with E-state index < -0.39 is 17.5 Å². The quantitative estimate of drug-likeness (QED) is 0.623. The first-order valence-corrected chi connectivity index (χ1v) is 8.40. The fourth-order valence-corrected chi connectivity index (χ4v) is 3.84. The van der Waals surface area contributed by atoms with E-state index >= 15 is 0 Å². The summed E-state index contributed by atoms with van der Waals surface area (Å²) in [6, 6.07) is 6.68. The van der Waals surface area contributed by atoms with Crippen molar-refractivity contribution >= 4 is 17.3 Å². The molecule has 0 aliphatic heterocycles. The van der Waals surface area contributed by atoms with Crippen LogP contribution >= 0.6 is 0 Å². The molecule has 1 aromatic rings. The third-order valence-electron chi connectivity index (χ3n) is 5.12. The van der Waals surface area contributed by atoms with Gasteiger partial charge in [-0.25, -0.2) is 0 Å². The molecule has 1 unspecified atom stereocenters. The van der Waals surface area contributed by atoms with Crippen LogP contribution in [-0.4, -0.2) is 17.3 Å². The summed E-state index contributed by atoms with van der Waals surface area (Å²) in [5, 5.41) is 0. The van der Waals surface area contributed by atoms with Crippen molar-refractivity contribution in [3.05, 3.63) is 35.4 Å². The van der Waals surface area contributed by atoms with Gasteiger partial charge in [-0.3, -0.25) is 14.4 Å². The molecule has 22 heavy (non-hydrogen) atoms. The van der Waals surface area contributed by atoms with Crippen LogP contribution in [0.25, 0.3) is 0 Å². The zero-order valence-corrected chi connectivity index (χ0v) is 12.8. The van der Waals surface area contributed by atoms with Gasteiger partial charge in [-0.15, -0.1) is 0 Å². The molecule has 2 aliphatic rings. The second-order valence-corrected chi connectivity index (χ2v) is 6.59. The van der Waals surface area contributed by atoms with Gasteiger partial charge in [0, 0.05) is 11.1 Å². The molecule has 116 valence electrons. The molecule has 0 bridgehead atoms. The van der Waals surface area contributed by atoms with Crippen LogP contribution in [0.4, 0.5) is 0 Å². The van der Waals surface area contributed by atoms with Crippen molar-refractivity contribution in [3.63, 3.8) is 0 Å². The first kappa shape index (κ1) is 15.1. The van der Waals surface area contributed by atoms with Crippen molar-refractivity contribution in [2.24, 2.45) is 11.8 Å². The summed E-state index contributed by atoms with van der Waals surface area (Å²) in [7, 11) is 0. The molecule has 0 amide bonds. The second kappa shape index (κ2) is 6.55. The number of carbonyl (C=O) groups is 3. The van der Waals surface area contributed by atoms with Crippen LogP contribution < -0.4 is 0 Å². The molecule has 3 rings (SSSR count). The number of rotatable bonds is 4. The molecule has 0 heterocycles. The topological polar surface area (TPSA) is 51.2 Å². The second-order valence-electron chi connectivity index (χ2n) is 6.59. The molecule has 3 heteroatoms. The van der Waals surface area contributed by atoms with Gasteiger partial charge in [-0.05, 0) is 12.3 Å². The van der Waals surface area contributed by atoms with Gasteiger partial charge in [0.25, 0.3) is 0 Å². The first-order valence-electron chi connectivity index (χ1n) is 8.40. The normalized spacial score (nSPS) is 22.7. The Morgan fingerprint density at radius 2 is 1.50 bits per heavy atom. The Morgan fingerprint density at radius 1 is 0.818 bits per heavy atom. The van der Waals surface area contributed by atoms with Crippen LogP contribution in [0.15, 0.2) is 24.3 Å². The predicted octanol–water partition coefficient (Wildman–Crippen LogP) is 4.00. The standard InChI is InChI=1S/C19H22O3/c20-17-14-10-4-5-11-15(14)18(21)19(22)16(17)12-6-9-13-7-2-1-3-8-13/h4-5,10-11,13,16H,1-3,6-9,12H2. The predicted molar refractivity (Wildman–Crippen MR) is 84.0 cm³/mol. The Labute approximate surface area is 131 Å². The summed E-state index contributed by atoms with van der Waals surface area (Å²) in [4.78, 5) is 36.8.